The predicted molar refractivity (Wildman–Crippen MR) is 91.0 cm³/mol. The van der Waals surface area contributed by atoms with Gasteiger partial charge in [0.05, 0.1) is 0 Å². The van der Waals surface area contributed by atoms with E-state index in [1.54, 1.807) is 6.08 Å². The van der Waals surface area contributed by atoms with Crippen molar-refractivity contribution in [1.82, 2.24) is 0 Å². The molecule has 0 spiro atoms. The lowest BCUT2D eigenvalue weighted by atomic mass is 9.94. The van der Waals surface area contributed by atoms with E-state index in [1.165, 1.54) is 0 Å². The molecule has 0 amide bonds. The minimum absolute atomic E-state index is 1.09. The summed E-state index contributed by atoms with van der Waals surface area (Å²) in [6.45, 7) is 17.5. The van der Waals surface area contributed by atoms with Gasteiger partial charge >= 0.3 is 0 Å². The first-order chi connectivity index (χ1) is 9.28. The summed E-state index contributed by atoms with van der Waals surface area (Å²) < 4.78 is 0. The van der Waals surface area contributed by atoms with Gasteiger partial charge in [-0.25, -0.2) is 0 Å². The number of allylic oxidation sites excluding steroid dienone is 5. The van der Waals surface area contributed by atoms with Crippen LogP contribution in [0.25, 0.3) is 17.7 Å². The van der Waals surface area contributed by atoms with Gasteiger partial charge in [-0.3, -0.25) is 0 Å². The number of hydrogen-bond donors (Lipinski definition) is 0. The molecule has 0 heteroatoms. The van der Waals surface area contributed by atoms with Crippen molar-refractivity contribution in [2.75, 3.05) is 0 Å². The maximum absolute atomic E-state index is 3.88. The first-order valence-electron chi connectivity index (χ1n) is 6.62. The average molecular weight is 252 g/mol. The second-order valence-corrected chi connectivity index (χ2v) is 3.57. The lowest BCUT2D eigenvalue weighted by Crippen LogP contribution is -1.90. The quantitative estimate of drug-likeness (QED) is 0.552. The van der Waals surface area contributed by atoms with E-state index in [0.29, 0.717) is 0 Å². The first-order valence-corrected chi connectivity index (χ1v) is 6.62. The Bertz CT molecular complexity index is 485. The summed E-state index contributed by atoms with van der Waals surface area (Å²) in [6.07, 6.45) is 11.6. The van der Waals surface area contributed by atoms with Gasteiger partial charge in [0.2, 0.25) is 0 Å². The van der Waals surface area contributed by atoms with Crippen molar-refractivity contribution >= 4 is 17.7 Å². The highest BCUT2D eigenvalue weighted by atomic mass is 14.1. The molecule has 0 saturated heterocycles. The molecule has 0 aliphatic carbocycles. The summed E-state index contributed by atoms with van der Waals surface area (Å²) in [5, 5.41) is 0. The van der Waals surface area contributed by atoms with E-state index in [-0.39, 0.29) is 0 Å². The number of hydrogen-bond acceptors (Lipinski definition) is 0. The molecule has 19 heavy (non-hydrogen) atoms. The molecule has 0 saturated carbocycles. The summed E-state index contributed by atoms with van der Waals surface area (Å²) in [5.41, 5.74) is 4.47. The third kappa shape index (κ3) is 4.59. The van der Waals surface area contributed by atoms with Crippen LogP contribution in [0.3, 0.4) is 0 Å². The van der Waals surface area contributed by atoms with Crippen LogP contribution in [0.1, 0.15) is 37.5 Å². The van der Waals surface area contributed by atoms with Crippen LogP contribution in [0.5, 0.6) is 0 Å². The fourth-order valence-electron chi connectivity index (χ4n) is 1.78. The maximum atomic E-state index is 3.88. The Balaban J connectivity index is 0.00000154. The SMILES string of the molecule is C=C/C=C(\C=C/C)c1cccc(C=C)c1C=C.CC. The van der Waals surface area contributed by atoms with Crippen LogP contribution in [-0.4, -0.2) is 0 Å². The van der Waals surface area contributed by atoms with E-state index in [9.17, 15) is 0 Å². The fourth-order valence-corrected chi connectivity index (χ4v) is 1.78. The molecule has 0 heterocycles. The number of rotatable bonds is 5. The fraction of sp³-hybridized carbons (Fsp3) is 0.158. The highest BCUT2D eigenvalue weighted by Crippen LogP contribution is 2.25. The van der Waals surface area contributed by atoms with E-state index < -0.39 is 0 Å². The molecule has 100 valence electrons. The van der Waals surface area contributed by atoms with Crippen LogP contribution in [0.15, 0.2) is 62.2 Å². The van der Waals surface area contributed by atoms with Gasteiger partial charge in [-0.05, 0) is 29.2 Å². The molecule has 0 fully saturated rings. The van der Waals surface area contributed by atoms with Gasteiger partial charge in [0.1, 0.15) is 0 Å². The van der Waals surface area contributed by atoms with E-state index in [4.69, 9.17) is 0 Å². The van der Waals surface area contributed by atoms with Gasteiger partial charge in [0.15, 0.2) is 0 Å². The zero-order chi connectivity index (χ0) is 14.7. The van der Waals surface area contributed by atoms with Crippen LogP contribution >= 0.6 is 0 Å². The third-order valence-electron chi connectivity index (χ3n) is 2.52. The largest absolute Gasteiger partial charge is 0.0990 e. The van der Waals surface area contributed by atoms with E-state index in [0.717, 1.165) is 22.3 Å². The Kier molecular flexibility index (Phi) is 8.82. The average Bonchev–Trinajstić information content (AvgIpc) is 2.48. The summed E-state index contributed by atoms with van der Waals surface area (Å²) in [6, 6.07) is 6.15. The Labute approximate surface area is 118 Å². The normalized spacial score (nSPS) is 10.6. The Hall–Kier alpha value is -2.08. The molecule has 1 rings (SSSR count). The van der Waals surface area contributed by atoms with Crippen molar-refractivity contribution in [3.05, 3.63) is 78.9 Å². The molecule has 0 radical (unpaired) electrons. The molecular formula is C19H24. The van der Waals surface area contributed by atoms with Crippen molar-refractivity contribution in [2.45, 2.75) is 20.8 Å². The highest BCUT2D eigenvalue weighted by molar-refractivity contribution is 5.83. The van der Waals surface area contributed by atoms with Crippen LogP contribution in [0.2, 0.25) is 0 Å². The minimum atomic E-state index is 1.09. The molecule has 0 bridgehead atoms. The van der Waals surface area contributed by atoms with Crippen molar-refractivity contribution in [2.24, 2.45) is 0 Å². The molecule has 0 N–H and O–H groups in total. The molecular weight excluding hydrogens is 228 g/mol. The summed E-state index contributed by atoms with van der Waals surface area (Å²) in [4.78, 5) is 0. The summed E-state index contributed by atoms with van der Waals surface area (Å²) in [5.74, 6) is 0. The Morgan fingerprint density at radius 1 is 1.05 bits per heavy atom. The summed E-state index contributed by atoms with van der Waals surface area (Å²) in [7, 11) is 0. The van der Waals surface area contributed by atoms with Crippen LogP contribution in [0, 0.1) is 0 Å². The van der Waals surface area contributed by atoms with E-state index >= 15 is 0 Å². The molecule has 0 aliphatic heterocycles. The second-order valence-electron chi connectivity index (χ2n) is 3.57. The van der Waals surface area contributed by atoms with E-state index in [2.05, 4.69) is 31.9 Å². The zero-order valence-electron chi connectivity index (χ0n) is 12.3. The predicted octanol–water partition coefficient (Wildman–Crippen LogP) is 6.14. The van der Waals surface area contributed by atoms with Crippen LogP contribution in [0.4, 0.5) is 0 Å². The molecule has 1 aromatic carbocycles. The molecule has 0 nitrogen and oxygen atoms in total. The van der Waals surface area contributed by atoms with Gasteiger partial charge in [0, 0.05) is 0 Å². The lowest BCUT2D eigenvalue weighted by molar-refractivity contribution is 1.50. The van der Waals surface area contributed by atoms with Crippen molar-refractivity contribution < 1.29 is 0 Å². The smallest absolute Gasteiger partial charge is 0.0106 e. The molecule has 1 aromatic rings. The van der Waals surface area contributed by atoms with Crippen molar-refractivity contribution in [1.29, 1.82) is 0 Å². The monoisotopic (exact) mass is 252 g/mol. The highest BCUT2D eigenvalue weighted by Gasteiger charge is 2.05. The summed E-state index contributed by atoms with van der Waals surface area (Å²) >= 11 is 0. The van der Waals surface area contributed by atoms with Crippen molar-refractivity contribution in [3.8, 4) is 0 Å². The number of benzene rings is 1. The molecule has 0 atom stereocenters. The van der Waals surface area contributed by atoms with Crippen LogP contribution < -0.4 is 0 Å². The lowest BCUT2D eigenvalue weighted by Gasteiger charge is -2.10. The maximum Gasteiger partial charge on any atom is -0.0106 e. The first kappa shape index (κ1) is 16.9. The minimum Gasteiger partial charge on any atom is -0.0990 e. The second kappa shape index (κ2) is 9.90. The van der Waals surface area contributed by atoms with Gasteiger partial charge < -0.3 is 0 Å². The topological polar surface area (TPSA) is 0 Å². The van der Waals surface area contributed by atoms with Gasteiger partial charge in [-0.15, -0.1) is 0 Å². The van der Waals surface area contributed by atoms with Gasteiger partial charge in [-0.1, -0.05) is 88.2 Å². The molecule has 0 unspecified atom stereocenters. The standard InChI is InChI=1S/C17H18.C2H6/c1-5-10-15(11-6-2)17-13-9-12-14(7-3)16(17)8-4;1-2/h5-13H,1,3-4H2,2H3;1-2H3/b11-6-,15-10+;. The van der Waals surface area contributed by atoms with Gasteiger partial charge in [-0.2, -0.15) is 0 Å². The Morgan fingerprint density at radius 2 is 1.74 bits per heavy atom. The zero-order valence-corrected chi connectivity index (χ0v) is 12.3. The molecule has 0 aromatic heterocycles. The Morgan fingerprint density at radius 3 is 2.21 bits per heavy atom. The van der Waals surface area contributed by atoms with E-state index in [1.807, 2.05) is 57.2 Å². The third-order valence-corrected chi connectivity index (χ3v) is 2.52. The van der Waals surface area contributed by atoms with Crippen LogP contribution in [-0.2, 0) is 0 Å². The van der Waals surface area contributed by atoms with Gasteiger partial charge in [0.25, 0.3) is 0 Å². The van der Waals surface area contributed by atoms with Crippen molar-refractivity contribution in [3.63, 3.8) is 0 Å². The molecule has 0 aliphatic rings.